The average molecular weight is 717 g/mol. The molecule has 16 heteroatoms. The van der Waals surface area contributed by atoms with Gasteiger partial charge in [0.25, 0.3) is 0 Å². The van der Waals surface area contributed by atoms with Crippen LogP contribution in [0.15, 0.2) is 23.8 Å². The second kappa shape index (κ2) is 12.1. The zero-order chi connectivity index (χ0) is 37.1. The van der Waals surface area contributed by atoms with Crippen molar-refractivity contribution in [2.24, 2.45) is 34.0 Å². The molecule has 4 aliphatic carbocycles. The lowest BCUT2D eigenvalue weighted by Gasteiger charge is -2.66. The number of hydrogen-bond donors (Lipinski definition) is 11. The number of Topliss-reactive ketones (excluding diaryl/α,β-unsaturated/α-hetero) is 1. The molecule has 0 amide bonds. The Hall–Kier alpha value is -1.77. The largest absolute Gasteiger partial charge is 0.394 e. The first-order chi connectivity index (χ1) is 23.2. The first kappa shape index (κ1) is 38.0. The van der Waals surface area contributed by atoms with E-state index in [1.165, 1.54) is 32.1 Å². The van der Waals surface area contributed by atoms with Crippen LogP contribution in [0, 0.1) is 34.0 Å². The van der Waals surface area contributed by atoms with Gasteiger partial charge in [-0.1, -0.05) is 25.5 Å². The van der Waals surface area contributed by atoms with E-state index in [-0.39, 0.29) is 25.0 Å². The number of fused-ring (bicyclic) bond motifs is 5. The first-order valence-electron chi connectivity index (χ1n) is 17.1. The number of carbonyl (C=O) groups excluding carboxylic acids is 2. The van der Waals surface area contributed by atoms with E-state index in [0.29, 0.717) is 5.57 Å². The summed E-state index contributed by atoms with van der Waals surface area (Å²) >= 11 is 0. The van der Waals surface area contributed by atoms with Crippen LogP contribution in [0.4, 0.5) is 4.39 Å². The summed E-state index contributed by atoms with van der Waals surface area (Å²) in [6, 6.07) is 0. The lowest BCUT2D eigenvalue weighted by atomic mass is 9.41. The zero-order valence-corrected chi connectivity index (χ0v) is 28.0. The Bertz CT molecular complexity index is 1460. The van der Waals surface area contributed by atoms with Crippen LogP contribution < -0.4 is 0 Å². The number of aliphatic hydroxyl groups excluding tert-OH is 9. The molecule has 2 aliphatic heterocycles. The summed E-state index contributed by atoms with van der Waals surface area (Å²) in [6.07, 6.45) is -15.4. The molecule has 11 N–H and O–H groups in total. The third-order valence-electron chi connectivity index (χ3n) is 13.8. The molecule has 2 saturated heterocycles. The number of hydrogen-bond acceptors (Lipinski definition) is 15. The van der Waals surface area contributed by atoms with E-state index >= 15 is 9.18 Å². The molecule has 2 heterocycles. The van der Waals surface area contributed by atoms with Crippen molar-refractivity contribution in [2.45, 2.75) is 118 Å². The maximum atomic E-state index is 18.0. The molecular formula is C34H49FO15. The Labute approximate surface area is 287 Å². The highest BCUT2D eigenvalue weighted by Gasteiger charge is 2.83. The first-order valence-corrected chi connectivity index (χ1v) is 17.1. The van der Waals surface area contributed by atoms with Gasteiger partial charge in [-0.3, -0.25) is 9.59 Å². The van der Waals surface area contributed by atoms with Crippen LogP contribution in [-0.2, 0) is 19.1 Å². The van der Waals surface area contributed by atoms with E-state index in [0.717, 1.165) is 0 Å². The molecule has 15 nitrogen and oxygen atoms in total. The Kier molecular flexibility index (Phi) is 9.21. The summed E-state index contributed by atoms with van der Waals surface area (Å²) in [5.74, 6) is -8.38. The summed E-state index contributed by atoms with van der Waals surface area (Å²) in [4.78, 5) is 27.5. The van der Waals surface area contributed by atoms with E-state index < -0.39 is 138 Å². The zero-order valence-electron chi connectivity index (χ0n) is 28.0. The Morgan fingerprint density at radius 1 is 0.980 bits per heavy atom. The summed E-state index contributed by atoms with van der Waals surface area (Å²) in [6.45, 7) is 1.59. The van der Waals surface area contributed by atoms with Gasteiger partial charge in [0, 0.05) is 11.3 Å². The SMILES string of the molecule is CC1C[C@H]2[C@@H]3CCC4=CC(=O)C=C[C@]4(C)[C@@]3(F)C(O)C[C@]2(C)[C@]1(C(=O)C(O)[C@@]1(O)CO[C@H](CO)[C@H](O)[C@@H]1O)[C@@]1(O)O[C@H](CO)[C@H](O)[C@H](O)[C@H]1O. The van der Waals surface area contributed by atoms with Gasteiger partial charge < -0.3 is 65.6 Å². The maximum absolute atomic E-state index is 18.0. The molecule has 6 aliphatic rings. The second-order valence-corrected chi connectivity index (χ2v) is 15.9. The second-order valence-electron chi connectivity index (χ2n) is 15.9. The smallest absolute Gasteiger partial charge is 0.208 e. The average Bonchev–Trinajstić information content (AvgIpc) is 3.31. The predicted octanol–water partition coefficient (Wildman–Crippen LogP) is -3.47. The van der Waals surface area contributed by atoms with Gasteiger partial charge in [0.15, 0.2) is 17.2 Å². The van der Waals surface area contributed by atoms with Gasteiger partial charge in [0.2, 0.25) is 5.79 Å². The molecule has 3 unspecified atom stereocenters. The van der Waals surface area contributed by atoms with Crippen LogP contribution in [0.1, 0.15) is 46.5 Å². The van der Waals surface area contributed by atoms with Gasteiger partial charge in [0.1, 0.15) is 54.4 Å². The molecular weight excluding hydrogens is 667 g/mol. The molecule has 282 valence electrons. The van der Waals surface area contributed by atoms with Crippen LogP contribution >= 0.6 is 0 Å². The standard InChI is InChI=1S/C34H49FO15/c1-14-8-18-17-5-4-15-9-16(38)6-7-29(15,2)33(17,35)21(39)10-30(18,3)32(14,34(48)26(44)24(42)22(40)20(12-37)50-34)28(46)27(45)31(47)13-49-19(11-36)23(41)25(31)43/h6-7,9,14,17-27,36-37,39-45,47-48H,4-5,8,10-13H2,1-3H3/t14?,17-,18-,19+,20+,21?,22-,23-,24-,25-,26+,27?,29-,30-,31+,32-,33-,34-/m0/s1. The minimum atomic E-state index is -3.31. The predicted molar refractivity (Wildman–Crippen MR) is 165 cm³/mol. The lowest BCUT2D eigenvalue weighted by Crippen LogP contribution is -2.80. The number of aliphatic hydroxyl groups is 11. The van der Waals surface area contributed by atoms with Crippen molar-refractivity contribution < 1.29 is 79.6 Å². The van der Waals surface area contributed by atoms with Crippen LogP contribution in [0.25, 0.3) is 0 Å². The Balaban J connectivity index is 1.55. The van der Waals surface area contributed by atoms with Gasteiger partial charge in [-0.25, -0.2) is 4.39 Å². The van der Waals surface area contributed by atoms with E-state index in [4.69, 9.17) is 9.47 Å². The Morgan fingerprint density at radius 2 is 1.62 bits per heavy atom. The molecule has 0 spiro atoms. The minimum absolute atomic E-state index is 0.0730. The number of carbonyl (C=O) groups is 2. The summed E-state index contributed by atoms with van der Waals surface area (Å²) in [5, 5.41) is 123. The van der Waals surface area contributed by atoms with Crippen molar-refractivity contribution in [1.29, 1.82) is 0 Å². The summed E-state index contributed by atoms with van der Waals surface area (Å²) < 4.78 is 29.1. The van der Waals surface area contributed by atoms with Gasteiger partial charge in [0.05, 0.1) is 31.3 Å². The van der Waals surface area contributed by atoms with E-state index in [1.807, 2.05) is 0 Å². The molecule has 50 heavy (non-hydrogen) atoms. The van der Waals surface area contributed by atoms with Crippen molar-refractivity contribution in [1.82, 2.24) is 0 Å². The summed E-state index contributed by atoms with van der Waals surface area (Å²) in [5.41, 5.74) is -11.0. The maximum Gasteiger partial charge on any atom is 0.208 e. The third kappa shape index (κ3) is 4.42. The van der Waals surface area contributed by atoms with Crippen LogP contribution in [0.5, 0.6) is 0 Å². The monoisotopic (exact) mass is 716 g/mol. The minimum Gasteiger partial charge on any atom is -0.394 e. The topological polar surface area (TPSA) is 275 Å². The van der Waals surface area contributed by atoms with Crippen LogP contribution in [-0.4, -0.2) is 160 Å². The van der Waals surface area contributed by atoms with E-state index in [9.17, 15) is 61.0 Å². The van der Waals surface area contributed by atoms with Crippen molar-refractivity contribution in [3.8, 4) is 0 Å². The van der Waals surface area contributed by atoms with Gasteiger partial charge in [-0.05, 0) is 62.0 Å². The molecule has 0 bridgehead atoms. The van der Waals surface area contributed by atoms with Crippen molar-refractivity contribution in [3.63, 3.8) is 0 Å². The molecule has 0 aromatic carbocycles. The molecule has 5 fully saturated rings. The fourth-order valence-corrected chi connectivity index (χ4v) is 11.3. The molecule has 0 aromatic rings. The van der Waals surface area contributed by atoms with Crippen LogP contribution in [0.3, 0.4) is 0 Å². The molecule has 0 aromatic heterocycles. The molecule has 6 rings (SSSR count). The number of allylic oxidation sites excluding steroid dienone is 4. The van der Waals surface area contributed by atoms with Crippen molar-refractivity contribution in [3.05, 3.63) is 23.8 Å². The lowest BCUT2D eigenvalue weighted by molar-refractivity contribution is -0.404. The van der Waals surface area contributed by atoms with E-state index in [1.54, 1.807) is 6.92 Å². The number of rotatable bonds is 6. The molecule has 18 atom stereocenters. The Morgan fingerprint density at radius 3 is 2.24 bits per heavy atom. The fourth-order valence-electron chi connectivity index (χ4n) is 11.3. The molecule has 0 radical (unpaired) electrons. The van der Waals surface area contributed by atoms with Gasteiger partial charge >= 0.3 is 0 Å². The van der Waals surface area contributed by atoms with Gasteiger partial charge in [-0.15, -0.1) is 0 Å². The highest BCUT2D eigenvalue weighted by molar-refractivity contribution is 6.01. The number of ketones is 2. The number of halogens is 1. The van der Waals surface area contributed by atoms with E-state index in [2.05, 4.69) is 0 Å². The summed E-state index contributed by atoms with van der Waals surface area (Å²) in [7, 11) is 0. The third-order valence-corrected chi connectivity index (χ3v) is 13.8. The molecule has 3 saturated carbocycles. The van der Waals surface area contributed by atoms with Crippen molar-refractivity contribution in [2.75, 3.05) is 19.8 Å². The highest BCUT2D eigenvalue weighted by Crippen LogP contribution is 2.76. The fraction of sp³-hybridized carbons (Fsp3) is 0.824. The quantitative estimate of drug-likeness (QED) is 0.127. The normalized spacial score (nSPS) is 55.5. The van der Waals surface area contributed by atoms with Crippen LogP contribution in [0.2, 0.25) is 0 Å². The van der Waals surface area contributed by atoms with Gasteiger partial charge in [-0.2, -0.15) is 0 Å². The highest BCUT2D eigenvalue weighted by atomic mass is 19.1. The number of alkyl halides is 1. The number of ether oxygens (including phenoxy) is 2. The van der Waals surface area contributed by atoms with Crippen molar-refractivity contribution >= 4 is 11.6 Å².